The first-order valence-electron chi connectivity index (χ1n) is 13.3. The van der Waals surface area contributed by atoms with E-state index in [1.54, 1.807) is 0 Å². The number of ether oxygens (including phenoxy) is 2. The molecule has 3 fully saturated rings. The van der Waals surface area contributed by atoms with Crippen molar-refractivity contribution in [2.75, 3.05) is 12.4 Å². The summed E-state index contributed by atoms with van der Waals surface area (Å²) < 4.78 is 54.3. The van der Waals surface area contributed by atoms with Crippen LogP contribution in [0.25, 0.3) is 0 Å². The molecule has 4 unspecified atom stereocenters. The highest BCUT2D eigenvalue weighted by Crippen LogP contribution is 2.49. The van der Waals surface area contributed by atoms with E-state index in [1.165, 1.54) is 19.2 Å². The maximum atomic E-state index is 14.8. The van der Waals surface area contributed by atoms with Gasteiger partial charge < -0.3 is 24.9 Å². The summed E-state index contributed by atoms with van der Waals surface area (Å²) in [5.41, 5.74) is -0.461. The Hall–Kier alpha value is -3.56. The van der Waals surface area contributed by atoms with E-state index in [0.717, 1.165) is 37.3 Å². The van der Waals surface area contributed by atoms with Gasteiger partial charge in [-0.05, 0) is 75.0 Å². The van der Waals surface area contributed by atoms with Crippen molar-refractivity contribution in [3.05, 3.63) is 53.3 Å². The number of carbonyl (C=O) groups is 3. The van der Waals surface area contributed by atoms with E-state index in [2.05, 4.69) is 10.6 Å². The molecule has 3 aliphatic rings. The number of fused-ring (bicyclic) bond motifs is 2. The Bertz CT molecular complexity index is 1240. The van der Waals surface area contributed by atoms with Crippen LogP contribution in [0, 0.1) is 41.1 Å². The number of hydrogen-bond acceptors (Lipinski definition) is 5. The van der Waals surface area contributed by atoms with Crippen molar-refractivity contribution in [1.29, 1.82) is 0 Å². The molecular weight excluding hydrogens is 513 g/mol. The SMILES string of the molecule is COc1cc(F)c(OC2CCC(C=O)CC2)cc1C(=O)NC1C2CCC(C2)C1C(=O)Nc1c(F)cccc1F. The van der Waals surface area contributed by atoms with Crippen LogP contribution in [-0.4, -0.2) is 37.4 Å². The molecule has 2 aromatic carbocycles. The Balaban J connectivity index is 1.34. The van der Waals surface area contributed by atoms with Crippen LogP contribution in [0.5, 0.6) is 11.5 Å². The summed E-state index contributed by atoms with van der Waals surface area (Å²) >= 11 is 0. The lowest BCUT2D eigenvalue weighted by atomic mass is 9.83. The summed E-state index contributed by atoms with van der Waals surface area (Å²) in [6.45, 7) is 0. The fourth-order valence-corrected chi connectivity index (χ4v) is 6.42. The summed E-state index contributed by atoms with van der Waals surface area (Å²) in [5.74, 6) is -4.34. The molecule has 208 valence electrons. The van der Waals surface area contributed by atoms with Gasteiger partial charge in [0, 0.05) is 18.0 Å². The highest BCUT2D eigenvalue weighted by Gasteiger charge is 2.51. The molecule has 2 aromatic rings. The van der Waals surface area contributed by atoms with Gasteiger partial charge in [-0.25, -0.2) is 13.2 Å². The number of nitrogens with one attached hydrogen (secondary N) is 2. The first-order chi connectivity index (χ1) is 18.8. The summed E-state index contributed by atoms with van der Waals surface area (Å²) in [6, 6.07) is 5.16. The molecular formula is C29H31F3N2O5. The molecule has 0 radical (unpaired) electrons. The second kappa shape index (κ2) is 11.3. The van der Waals surface area contributed by atoms with E-state index in [4.69, 9.17) is 9.47 Å². The zero-order valence-electron chi connectivity index (χ0n) is 21.6. The standard InChI is InChI=1S/C29H31F3N2O5/c1-38-23-13-22(32)24(39-18-9-5-15(14-35)6-10-18)12-19(23)28(36)33-26-17-8-7-16(11-17)25(26)29(37)34-27-20(30)3-2-4-21(27)31/h2-4,12-18,25-26H,5-11H2,1H3,(H,33,36)(H,34,37). The molecule has 2 amide bonds. The number of halogens is 3. The molecule has 0 heterocycles. The summed E-state index contributed by atoms with van der Waals surface area (Å²) in [4.78, 5) is 37.7. The van der Waals surface area contributed by atoms with Gasteiger partial charge in [0.2, 0.25) is 5.91 Å². The molecule has 7 nitrogen and oxygen atoms in total. The number of amides is 2. The van der Waals surface area contributed by atoms with Crippen molar-refractivity contribution in [2.45, 2.75) is 57.1 Å². The molecule has 0 spiro atoms. The number of anilines is 1. The summed E-state index contributed by atoms with van der Waals surface area (Å²) in [5, 5.41) is 5.31. The van der Waals surface area contributed by atoms with Crippen molar-refractivity contribution >= 4 is 23.8 Å². The van der Waals surface area contributed by atoms with Gasteiger partial charge in [0.05, 0.1) is 24.7 Å². The monoisotopic (exact) mass is 544 g/mol. The Morgan fingerprint density at radius 2 is 1.62 bits per heavy atom. The van der Waals surface area contributed by atoms with Gasteiger partial charge >= 0.3 is 0 Å². The third kappa shape index (κ3) is 5.46. The van der Waals surface area contributed by atoms with Crippen LogP contribution in [0.3, 0.4) is 0 Å². The molecule has 3 saturated carbocycles. The van der Waals surface area contributed by atoms with E-state index < -0.39 is 46.9 Å². The normalized spacial score (nSPS) is 27.6. The molecule has 0 aliphatic heterocycles. The van der Waals surface area contributed by atoms with Gasteiger partial charge in [-0.15, -0.1) is 0 Å². The van der Waals surface area contributed by atoms with Crippen molar-refractivity contribution in [1.82, 2.24) is 5.32 Å². The van der Waals surface area contributed by atoms with Crippen LogP contribution in [0.4, 0.5) is 18.9 Å². The summed E-state index contributed by atoms with van der Waals surface area (Å²) in [7, 11) is 1.32. The minimum Gasteiger partial charge on any atom is -0.496 e. The lowest BCUT2D eigenvalue weighted by Crippen LogP contribution is -2.48. The molecule has 0 aromatic heterocycles. The minimum absolute atomic E-state index is 0.0135. The average molecular weight is 545 g/mol. The number of benzene rings is 2. The molecule has 5 rings (SSSR count). The van der Waals surface area contributed by atoms with Gasteiger partial charge in [0.25, 0.3) is 5.91 Å². The van der Waals surface area contributed by atoms with Crippen LogP contribution in [0.2, 0.25) is 0 Å². The van der Waals surface area contributed by atoms with Crippen LogP contribution in [0.15, 0.2) is 30.3 Å². The van der Waals surface area contributed by atoms with Crippen molar-refractivity contribution in [3.8, 4) is 11.5 Å². The van der Waals surface area contributed by atoms with Crippen LogP contribution >= 0.6 is 0 Å². The predicted octanol–water partition coefficient (Wildman–Crippen LogP) is 5.03. The lowest BCUT2D eigenvalue weighted by Gasteiger charge is -2.31. The topological polar surface area (TPSA) is 93.7 Å². The number of para-hydroxylation sites is 1. The third-order valence-corrected chi connectivity index (χ3v) is 8.43. The molecule has 2 N–H and O–H groups in total. The van der Waals surface area contributed by atoms with E-state index in [1.807, 2.05) is 0 Å². The maximum absolute atomic E-state index is 14.8. The third-order valence-electron chi connectivity index (χ3n) is 8.43. The highest BCUT2D eigenvalue weighted by atomic mass is 19.1. The second-order valence-electron chi connectivity index (χ2n) is 10.7. The number of methoxy groups -OCH3 is 1. The van der Waals surface area contributed by atoms with Crippen molar-refractivity contribution in [2.24, 2.45) is 23.7 Å². The van der Waals surface area contributed by atoms with E-state index >= 15 is 0 Å². The van der Waals surface area contributed by atoms with Gasteiger partial charge in [-0.3, -0.25) is 9.59 Å². The van der Waals surface area contributed by atoms with E-state index in [-0.39, 0.29) is 40.9 Å². The predicted molar refractivity (Wildman–Crippen MR) is 136 cm³/mol. The van der Waals surface area contributed by atoms with Gasteiger partial charge in [-0.1, -0.05) is 6.07 Å². The van der Waals surface area contributed by atoms with Gasteiger partial charge in [0.1, 0.15) is 29.4 Å². The van der Waals surface area contributed by atoms with Crippen LogP contribution in [0.1, 0.15) is 55.3 Å². The first-order valence-corrected chi connectivity index (χ1v) is 13.3. The second-order valence-corrected chi connectivity index (χ2v) is 10.7. The lowest BCUT2D eigenvalue weighted by molar-refractivity contribution is -0.122. The van der Waals surface area contributed by atoms with Crippen LogP contribution < -0.4 is 20.1 Å². The van der Waals surface area contributed by atoms with E-state index in [0.29, 0.717) is 32.1 Å². The van der Waals surface area contributed by atoms with Crippen LogP contribution in [-0.2, 0) is 9.59 Å². The van der Waals surface area contributed by atoms with Gasteiger partial charge in [0.15, 0.2) is 11.6 Å². The Kier molecular flexibility index (Phi) is 7.81. The number of aldehydes is 1. The number of carbonyl (C=O) groups excluding carboxylic acids is 3. The summed E-state index contributed by atoms with van der Waals surface area (Å²) in [6.07, 6.45) is 5.46. The first kappa shape index (κ1) is 27.0. The smallest absolute Gasteiger partial charge is 0.255 e. The highest BCUT2D eigenvalue weighted by molar-refractivity contribution is 5.99. The van der Waals surface area contributed by atoms with E-state index in [9.17, 15) is 27.6 Å². The molecule has 39 heavy (non-hydrogen) atoms. The maximum Gasteiger partial charge on any atom is 0.255 e. The molecule has 2 bridgehead atoms. The molecule has 10 heteroatoms. The fourth-order valence-electron chi connectivity index (χ4n) is 6.42. The molecule has 3 aliphatic carbocycles. The Labute approximate surface area is 224 Å². The number of rotatable bonds is 8. The minimum atomic E-state index is -0.879. The van der Waals surface area contributed by atoms with Crippen molar-refractivity contribution in [3.63, 3.8) is 0 Å². The Morgan fingerprint density at radius 1 is 0.923 bits per heavy atom. The quantitative estimate of drug-likeness (QED) is 0.455. The molecule has 0 saturated heterocycles. The zero-order chi connectivity index (χ0) is 27.7. The largest absolute Gasteiger partial charge is 0.496 e. The zero-order valence-corrected chi connectivity index (χ0v) is 21.6. The van der Waals surface area contributed by atoms with Gasteiger partial charge in [-0.2, -0.15) is 0 Å². The van der Waals surface area contributed by atoms with Crippen molar-refractivity contribution < 1.29 is 37.0 Å². The number of hydrogen-bond donors (Lipinski definition) is 2. The average Bonchev–Trinajstić information content (AvgIpc) is 3.54. The fraction of sp³-hybridized carbons (Fsp3) is 0.483. The Morgan fingerprint density at radius 3 is 2.28 bits per heavy atom. The molecule has 4 atom stereocenters.